The van der Waals surface area contributed by atoms with E-state index in [4.69, 9.17) is 0 Å². The number of aromatic nitrogens is 3. The second-order valence-corrected chi connectivity index (χ2v) is 9.10. The lowest BCUT2D eigenvalue weighted by molar-refractivity contribution is -0.116. The third kappa shape index (κ3) is 4.18. The van der Waals surface area contributed by atoms with E-state index in [-0.39, 0.29) is 11.4 Å². The molecule has 0 saturated carbocycles. The number of nitrogens with zero attached hydrogens (tertiary/aromatic N) is 4. The number of carbonyl (C=O) groups is 1. The third-order valence-corrected chi connectivity index (χ3v) is 6.71. The molecule has 1 amide bonds. The van der Waals surface area contributed by atoms with Gasteiger partial charge in [0.1, 0.15) is 10.7 Å². The first-order valence-corrected chi connectivity index (χ1v) is 11.0. The van der Waals surface area contributed by atoms with Gasteiger partial charge in [-0.2, -0.15) is 4.31 Å². The van der Waals surface area contributed by atoms with Crippen LogP contribution in [0.4, 0.5) is 5.69 Å². The maximum Gasteiger partial charge on any atom is 0.244 e. The van der Waals surface area contributed by atoms with Crippen LogP contribution in [0.25, 0.3) is 22.4 Å². The van der Waals surface area contributed by atoms with E-state index in [0.717, 1.165) is 26.7 Å². The zero-order valence-electron chi connectivity index (χ0n) is 17.1. The van der Waals surface area contributed by atoms with E-state index in [1.165, 1.54) is 31.6 Å². The number of rotatable bonds is 6. The van der Waals surface area contributed by atoms with Crippen molar-refractivity contribution in [2.75, 3.05) is 18.9 Å². The molecule has 8 nitrogen and oxygen atoms in total. The van der Waals surface area contributed by atoms with Crippen LogP contribution in [-0.4, -0.2) is 46.8 Å². The van der Waals surface area contributed by atoms with Gasteiger partial charge in [-0.15, -0.1) is 0 Å². The van der Waals surface area contributed by atoms with Gasteiger partial charge in [0, 0.05) is 37.7 Å². The molecule has 0 bridgehead atoms. The Kier molecular flexibility index (Phi) is 5.53. The summed E-state index contributed by atoms with van der Waals surface area (Å²) in [4.78, 5) is 20.9. The van der Waals surface area contributed by atoms with Crippen molar-refractivity contribution in [1.82, 2.24) is 18.8 Å². The van der Waals surface area contributed by atoms with Crippen LogP contribution in [0.5, 0.6) is 0 Å². The number of pyridine rings is 1. The van der Waals surface area contributed by atoms with Gasteiger partial charge in [-0.25, -0.2) is 13.4 Å². The number of benzene rings is 2. The van der Waals surface area contributed by atoms with Crippen LogP contribution in [0.1, 0.15) is 0 Å². The van der Waals surface area contributed by atoms with Gasteiger partial charge < -0.3 is 9.88 Å². The van der Waals surface area contributed by atoms with Crippen LogP contribution in [-0.2, 0) is 21.9 Å². The minimum Gasteiger partial charge on any atom is -0.327 e. The number of anilines is 1. The number of likely N-dealkylation sites (N-methyl/N-ethyl adjacent to an activating group) is 1. The van der Waals surface area contributed by atoms with Crippen LogP contribution in [0.15, 0.2) is 78.0 Å². The fourth-order valence-electron chi connectivity index (χ4n) is 3.27. The first kappa shape index (κ1) is 20.7. The number of imidazole rings is 1. The second-order valence-electron chi connectivity index (χ2n) is 7.06. The summed E-state index contributed by atoms with van der Waals surface area (Å²) in [7, 11) is -0.473. The normalized spacial score (nSPS) is 11.7. The molecule has 0 aliphatic heterocycles. The summed E-state index contributed by atoms with van der Waals surface area (Å²) in [5.41, 5.74) is 3.43. The van der Waals surface area contributed by atoms with Gasteiger partial charge in [-0.05, 0) is 48.5 Å². The zero-order chi connectivity index (χ0) is 22.0. The van der Waals surface area contributed by atoms with E-state index in [9.17, 15) is 13.2 Å². The van der Waals surface area contributed by atoms with Gasteiger partial charge in [-0.3, -0.25) is 9.78 Å². The standard InChI is InChI=1S/C22H21N5O3S/c1-26(31(29,30)18-6-5-13-23-14-18)15-21(28)24-17-11-9-16(10-12-17)22-25-19-7-3-4-8-20(19)27(22)2/h3-14H,15H2,1-2H3,(H,24,28). The maximum absolute atomic E-state index is 12.5. The van der Waals surface area contributed by atoms with E-state index in [0.29, 0.717) is 5.69 Å². The molecule has 2 aromatic carbocycles. The minimum atomic E-state index is -3.79. The lowest BCUT2D eigenvalue weighted by Crippen LogP contribution is -2.35. The third-order valence-electron chi connectivity index (χ3n) is 4.92. The van der Waals surface area contributed by atoms with E-state index >= 15 is 0 Å². The largest absolute Gasteiger partial charge is 0.327 e. The Morgan fingerprint density at radius 1 is 1.06 bits per heavy atom. The van der Waals surface area contributed by atoms with E-state index in [1.807, 2.05) is 48.0 Å². The predicted molar refractivity (Wildman–Crippen MR) is 119 cm³/mol. The van der Waals surface area contributed by atoms with Crippen molar-refractivity contribution in [1.29, 1.82) is 0 Å². The van der Waals surface area contributed by atoms with Gasteiger partial charge >= 0.3 is 0 Å². The highest BCUT2D eigenvalue weighted by Crippen LogP contribution is 2.24. The van der Waals surface area contributed by atoms with Crippen LogP contribution < -0.4 is 5.32 Å². The van der Waals surface area contributed by atoms with Gasteiger partial charge in [0.2, 0.25) is 15.9 Å². The van der Waals surface area contributed by atoms with E-state index < -0.39 is 15.9 Å². The summed E-state index contributed by atoms with van der Waals surface area (Å²) < 4.78 is 28.1. The summed E-state index contributed by atoms with van der Waals surface area (Å²) in [6.45, 7) is -0.316. The predicted octanol–water partition coefficient (Wildman–Crippen LogP) is 2.89. The molecule has 4 rings (SSSR count). The Morgan fingerprint density at radius 3 is 2.48 bits per heavy atom. The Labute approximate surface area is 180 Å². The smallest absolute Gasteiger partial charge is 0.244 e. The fraction of sp³-hybridized carbons (Fsp3) is 0.136. The highest BCUT2D eigenvalue weighted by molar-refractivity contribution is 7.89. The van der Waals surface area contributed by atoms with Gasteiger partial charge in [0.15, 0.2) is 0 Å². The molecule has 0 atom stereocenters. The highest BCUT2D eigenvalue weighted by atomic mass is 32.2. The number of hydrogen-bond acceptors (Lipinski definition) is 5. The van der Waals surface area contributed by atoms with Gasteiger partial charge in [-0.1, -0.05) is 12.1 Å². The summed E-state index contributed by atoms with van der Waals surface area (Å²) in [6, 6.07) is 18.1. The number of fused-ring (bicyclic) bond motifs is 1. The zero-order valence-corrected chi connectivity index (χ0v) is 17.9. The summed E-state index contributed by atoms with van der Waals surface area (Å²) in [5.74, 6) is 0.381. The monoisotopic (exact) mass is 435 g/mol. The summed E-state index contributed by atoms with van der Waals surface area (Å²) in [6.07, 6.45) is 2.74. The van der Waals surface area contributed by atoms with Gasteiger partial charge in [0.05, 0.1) is 17.6 Å². The number of carbonyl (C=O) groups excluding carboxylic acids is 1. The van der Waals surface area contributed by atoms with Crippen molar-refractivity contribution in [2.24, 2.45) is 7.05 Å². The maximum atomic E-state index is 12.5. The number of aryl methyl sites for hydroxylation is 1. The van der Waals surface area contributed by atoms with Crippen molar-refractivity contribution >= 4 is 32.7 Å². The summed E-state index contributed by atoms with van der Waals surface area (Å²) >= 11 is 0. The van der Waals surface area contributed by atoms with Crippen molar-refractivity contribution in [3.63, 3.8) is 0 Å². The van der Waals surface area contributed by atoms with E-state index in [2.05, 4.69) is 15.3 Å². The lowest BCUT2D eigenvalue weighted by atomic mass is 10.2. The van der Waals surface area contributed by atoms with Crippen molar-refractivity contribution in [3.05, 3.63) is 73.1 Å². The topological polar surface area (TPSA) is 97.2 Å². The van der Waals surface area contributed by atoms with Crippen LogP contribution in [0.2, 0.25) is 0 Å². The van der Waals surface area contributed by atoms with Crippen LogP contribution >= 0.6 is 0 Å². The molecular weight excluding hydrogens is 414 g/mol. The first-order chi connectivity index (χ1) is 14.9. The number of nitrogens with one attached hydrogen (secondary N) is 1. The molecule has 9 heteroatoms. The molecule has 0 fully saturated rings. The molecule has 0 spiro atoms. The molecule has 0 radical (unpaired) electrons. The minimum absolute atomic E-state index is 0.0390. The summed E-state index contributed by atoms with van der Waals surface area (Å²) in [5, 5.41) is 2.73. The average Bonchev–Trinajstić information content (AvgIpc) is 3.11. The fourth-order valence-corrected chi connectivity index (χ4v) is 4.37. The molecule has 0 aliphatic rings. The second kappa shape index (κ2) is 8.29. The van der Waals surface area contributed by atoms with E-state index in [1.54, 1.807) is 12.1 Å². The Bertz CT molecular complexity index is 1330. The molecule has 158 valence electrons. The van der Waals surface area contributed by atoms with Crippen molar-refractivity contribution in [2.45, 2.75) is 4.90 Å². The lowest BCUT2D eigenvalue weighted by Gasteiger charge is -2.16. The highest BCUT2D eigenvalue weighted by Gasteiger charge is 2.23. The Morgan fingerprint density at radius 2 is 1.81 bits per heavy atom. The number of amides is 1. The molecule has 0 aliphatic carbocycles. The molecule has 2 aromatic heterocycles. The molecule has 2 heterocycles. The number of hydrogen-bond donors (Lipinski definition) is 1. The van der Waals surface area contributed by atoms with Gasteiger partial charge in [0.25, 0.3) is 0 Å². The van der Waals surface area contributed by atoms with Crippen molar-refractivity contribution in [3.8, 4) is 11.4 Å². The van der Waals surface area contributed by atoms with Crippen molar-refractivity contribution < 1.29 is 13.2 Å². The first-order valence-electron chi connectivity index (χ1n) is 9.54. The molecular formula is C22H21N5O3S. The van der Waals surface area contributed by atoms with Crippen LogP contribution in [0, 0.1) is 0 Å². The van der Waals surface area contributed by atoms with Crippen LogP contribution in [0.3, 0.4) is 0 Å². The number of sulfonamides is 1. The Balaban J connectivity index is 1.45. The molecule has 0 saturated heterocycles. The molecule has 31 heavy (non-hydrogen) atoms. The molecule has 0 unspecified atom stereocenters. The average molecular weight is 436 g/mol. The SMILES string of the molecule is CN(CC(=O)Nc1ccc(-c2nc3ccccc3n2C)cc1)S(=O)(=O)c1cccnc1. The quantitative estimate of drug-likeness (QED) is 0.502. The molecule has 4 aromatic rings. The molecule has 1 N–H and O–H groups in total. The number of para-hydroxylation sites is 2. The Hall–Kier alpha value is -3.56.